The van der Waals surface area contributed by atoms with E-state index in [-0.39, 0.29) is 24.3 Å². The highest BCUT2D eigenvalue weighted by atomic mass is 16.2. The van der Waals surface area contributed by atoms with Gasteiger partial charge in [0.05, 0.1) is 12.2 Å². The molecule has 0 saturated carbocycles. The Morgan fingerprint density at radius 2 is 1.90 bits per heavy atom. The molecule has 6 nitrogen and oxygen atoms in total. The average molecular weight is 388 g/mol. The maximum Gasteiger partial charge on any atom is 0.254 e. The van der Waals surface area contributed by atoms with Gasteiger partial charge in [0, 0.05) is 36.8 Å². The van der Waals surface area contributed by atoms with Gasteiger partial charge in [-0.2, -0.15) is 5.10 Å². The third-order valence-electron chi connectivity index (χ3n) is 5.36. The van der Waals surface area contributed by atoms with Gasteiger partial charge in [0.15, 0.2) is 0 Å². The van der Waals surface area contributed by atoms with Gasteiger partial charge < -0.3 is 10.6 Å². The molecule has 1 fully saturated rings. The molecule has 0 bridgehead atoms. The molecule has 0 radical (unpaired) electrons. The highest BCUT2D eigenvalue weighted by molar-refractivity contribution is 5.96. The molecular weight excluding hydrogens is 364 g/mol. The number of nitrogens with two attached hydrogens (primary N) is 1. The molecule has 1 aliphatic rings. The Bertz CT molecular complexity index is 1010. The zero-order valence-corrected chi connectivity index (χ0v) is 16.2. The molecule has 1 saturated heterocycles. The average Bonchev–Trinajstić information content (AvgIpc) is 3.42. The first-order chi connectivity index (χ1) is 14.1. The number of carbonyl (C=O) groups excluding carboxylic acids is 2. The normalized spacial score (nSPS) is 16.1. The van der Waals surface area contributed by atoms with Gasteiger partial charge in [-0.1, -0.05) is 42.5 Å². The Morgan fingerprint density at radius 3 is 2.69 bits per heavy atom. The van der Waals surface area contributed by atoms with Crippen LogP contribution in [-0.2, 0) is 11.3 Å². The predicted octanol–water partition coefficient (Wildman–Crippen LogP) is 3.40. The van der Waals surface area contributed by atoms with E-state index in [9.17, 15) is 9.59 Å². The molecule has 4 rings (SSSR count). The van der Waals surface area contributed by atoms with Gasteiger partial charge >= 0.3 is 0 Å². The molecule has 6 heteroatoms. The number of hydrogen-bond acceptors (Lipinski definition) is 3. The number of benzene rings is 2. The quantitative estimate of drug-likeness (QED) is 0.703. The van der Waals surface area contributed by atoms with E-state index in [0.29, 0.717) is 12.1 Å². The summed E-state index contributed by atoms with van der Waals surface area (Å²) >= 11 is 0. The van der Waals surface area contributed by atoms with Crippen molar-refractivity contribution in [2.75, 3.05) is 6.54 Å². The summed E-state index contributed by atoms with van der Waals surface area (Å²) in [7, 11) is 0. The fourth-order valence-electron chi connectivity index (χ4n) is 3.89. The second kappa shape index (κ2) is 8.31. The van der Waals surface area contributed by atoms with Gasteiger partial charge in [-0.3, -0.25) is 14.3 Å². The zero-order chi connectivity index (χ0) is 20.2. The zero-order valence-electron chi connectivity index (χ0n) is 16.2. The standard InChI is InChI=1S/C23H24N4O2/c24-22(28)11-13-26-16-20(15-25-26)18-8-4-9-19(14-18)23(29)27-12-5-10-21(27)17-6-2-1-3-7-17/h1-4,6-9,14-16,21H,5,10-13H2,(H2,24,28). The van der Waals surface area contributed by atoms with E-state index in [4.69, 9.17) is 5.73 Å². The van der Waals surface area contributed by atoms with Crippen LogP contribution in [-0.4, -0.2) is 33.0 Å². The number of likely N-dealkylation sites (tertiary alicyclic amines) is 1. The maximum absolute atomic E-state index is 13.3. The summed E-state index contributed by atoms with van der Waals surface area (Å²) < 4.78 is 1.69. The van der Waals surface area contributed by atoms with Gasteiger partial charge in [0.25, 0.3) is 5.91 Å². The molecule has 0 aliphatic carbocycles. The van der Waals surface area contributed by atoms with Crippen LogP contribution in [0.15, 0.2) is 67.0 Å². The molecule has 1 unspecified atom stereocenters. The SMILES string of the molecule is NC(=O)CCn1cc(-c2cccc(C(=O)N3CCCC3c3ccccc3)c2)cn1. The van der Waals surface area contributed by atoms with E-state index in [1.165, 1.54) is 5.56 Å². The van der Waals surface area contributed by atoms with Crippen molar-refractivity contribution in [3.63, 3.8) is 0 Å². The summed E-state index contributed by atoms with van der Waals surface area (Å²) in [6.45, 7) is 1.22. The van der Waals surface area contributed by atoms with Crippen molar-refractivity contribution in [2.45, 2.75) is 31.8 Å². The van der Waals surface area contributed by atoms with E-state index < -0.39 is 0 Å². The van der Waals surface area contributed by atoms with Crippen LogP contribution < -0.4 is 5.73 Å². The Balaban J connectivity index is 1.54. The second-order valence-corrected chi connectivity index (χ2v) is 7.36. The summed E-state index contributed by atoms with van der Waals surface area (Å²) in [6, 6.07) is 18.0. The van der Waals surface area contributed by atoms with E-state index in [1.54, 1.807) is 10.9 Å². The molecule has 1 atom stereocenters. The van der Waals surface area contributed by atoms with E-state index >= 15 is 0 Å². The Kier molecular flexibility index (Phi) is 5.42. The Morgan fingerprint density at radius 1 is 1.07 bits per heavy atom. The third kappa shape index (κ3) is 4.21. The molecule has 2 amide bonds. The van der Waals surface area contributed by atoms with Crippen molar-refractivity contribution in [1.82, 2.24) is 14.7 Å². The lowest BCUT2D eigenvalue weighted by molar-refractivity contribution is -0.118. The first kappa shape index (κ1) is 18.9. The number of carbonyl (C=O) groups is 2. The van der Waals surface area contributed by atoms with Crippen molar-refractivity contribution in [3.8, 4) is 11.1 Å². The number of nitrogens with zero attached hydrogens (tertiary/aromatic N) is 3. The van der Waals surface area contributed by atoms with Gasteiger partial charge in [0.1, 0.15) is 0 Å². The van der Waals surface area contributed by atoms with Crippen molar-refractivity contribution in [1.29, 1.82) is 0 Å². The summed E-state index contributed by atoms with van der Waals surface area (Å²) in [5.74, 6) is -0.299. The minimum absolute atomic E-state index is 0.0549. The second-order valence-electron chi connectivity index (χ2n) is 7.36. The van der Waals surface area contributed by atoms with Crippen molar-refractivity contribution in [2.24, 2.45) is 5.73 Å². The fraction of sp³-hybridized carbons (Fsp3) is 0.261. The number of primary amides is 1. The molecule has 3 aromatic rings. The van der Waals surface area contributed by atoms with Crippen molar-refractivity contribution >= 4 is 11.8 Å². The van der Waals surface area contributed by atoms with Crippen LogP contribution in [0.25, 0.3) is 11.1 Å². The largest absolute Gasteiger partial charge is 0.370 e. The predicted molar refractivity (Wildman–Crippen MR) is 111 cm³/mol. The molecule has 1 aromatic heterocycles. The van der Waals surface area contributed by atoms with Crippen LogP contribution in [0.1, 0.15) is 41.2 Å². The van der Waals surface area contributed by atoms with E-state index in [1.807, 2.05) is 53.6 Å². The lowest BCUT2D eigenvalue weighted by Gasteiger charge is -2.25. The lowest BCUT2D eigenvalue weighted by atomic mass is 10.0. The molecular formula is C23H24N4O2. The Labute approximate surface area is 169 Å². The summed E-state index contributed by atoms with van der Waals surface area (Å²) in [6.07, 6.45) is 5.86. The first-order valence-electron chi connectivity index (χ1n) is 9.89. The maximum atomic E-state index is 13.3. The number of aromatic nitrogens is 2. The number of hydrogen-bond donors (Lipinski definition) is 1. The van der Waals surface area contributed by atoms with Crippen LogP contribution in [0, 0.1) is 0 Å². The van der Waals surface area contributed by atoms with Crippen LogP contribution in [0.5, 0.6) is 0 Å². The van der Waals surface area contributed by atoms with Crippen LogP contribution in [0.2, 0.25) is 0 Å². The first-order valence-corrected chi connectivity index (χ1v) is 9.89. The van der Waals surface area contributed by atoms with Crippen LogP contribution >= 0.6 is 0 Å². The summed E-state index contributed by atoms with van der Waals surface area (Å²) in [5, 5.41) is 4.28. The van der Waals surface area contributed by atoms with Gasteiger partial charge in [0.2, 0.25) is 5.91 Å². The monoisotopic (exact) mass is 388 g/mol. The minimum atomic E-state index is -0.353. The Hall–Kier alpha value is -3.41. The molecule has 2 aromatic carbocycles. The summed E-state index contributed by atoms with van der Waals surface area (Å²) in [5.41, 5.74) is 8.90. The lowest BCUT2D eigenvalue weighted by Crippen LogP contribution is -2.30. The number of amides is 2. The van der Waals surface area contributed by atoms with Gasteiger partial charge in [-0.05, 0) is 36.1 Å². The van der Waals surface area contributed by atoms with E-state index in [2.05, 4.69) is 17.2 Å². The highest BCUT2D eigenvalue weighted by Gasteiger charge is 2.30. The smallest absolute Gasteiger partial charge is 0.254 e. The molecule has 2 heterocycles. The van der Waals surface area contributed by atoms with Crippen LogP contribution in [0.4, 0.5) is 0 Å². The number of aryl methyl sites for hydroxylation is 1. The number of rotatable bonds is 6. The fourth-order valence-corrected chi connectivity index (χ4v) is 3.89. The van der Waals surface area contributed by atoms with Crippen LogP contribution in [0.3, 0.4) is 0 Å². The third-order valence-corrected chi connectivity index (χ3v) is 5.36. The van der Waals surface area contributed by atoms with E-state index in [0.717, 1.165) is 30.5 Å². The van der Waals surface area contributed by atoms with Gasteiger partial charge in [-0.15, -0.1) is 0 Å². The molecule has 148 valence electrons. The van der Waals surface area contributed by atoms with Crippen molar-refractivity contribution in [3.05, 3.63) is 78.1 Å². The molecule has 2 N–H and O–H groups in total. The van der Waals surface area contributed by atoms with Crippen molar-refractivity contribution < 1.29 is 9.59 Å². The minimum Gasteiger partial charge on any atom is -0.370 e. The topological polar surface area (TPSA) is 81.2 Å². The molecule has 1 aliphatic heterocycles. The summed E-state index contributed by atoms with van der Waals surface area (Å²) in [4.78, 5) is 26.2. The highest BCUT2D eigenvalue weighted by Crippen LogP contribution is 2.33. The van der Waals surface area contributed by atoms with Gasteiger partial charge in [-0.25, -0.2) is 0 Å². The molecule has 0 spiro atoms. The molecule has 29 heavy (non-hydrogen) atoms.